The van der Waals surface area contributed by atoms with Crippen molar-refractivity contribution in [1.82, 2.24) is 0 Å². The first-order chi connectivity index (χ1) is 15.4. The Bertz CT molecular complexity index is 1270. The molecule has 0 atom stereocenters. The molecular formula is C24H23F3N2O3S. The minimum atomic E-state index is -4.68. The van der Waals surface area contributed by atoms with Crippen molar-refractivity contribution in [2.45, 2.75) is 31.8 Å². The Hall–Kier alpha value is -3.33. The molecule has 0 aliphatic heterocycles. The van der Waals surface area contributed by atoms with Crippen LogP contribution in [0, 0.1) is 20.8 Å². The van der Waals surface area contributed by atoms with Crippen LogP contribution in [0.5, 0.6) is 0 Å². The molecule has 0 saturated heterocycles. The average molecular weight is 477 g/mol. The topological polar surface area (TPSA) is 66.5 Å². The van der Waals surface area contributed by atoms with Gasteiger partial charge in [-0.25, -0.2) is 8.42 Å². The van der Waals surface area contributed by atoms with Crippen LogP contribution >= 0.6 is 0 Å². The fraction of sp³-hybridized carbons (Fsp3) is 0.208. The maximum Gasteiger partial charge on any atom is 0.418 e. The number of sulfonamides is 1. The van der Waals surface area contributed by atoms with E-state index in [9.17, 15) is 26.4 Å². The highest BCUT2D eigenvalue weighted by Gasteiger charge is 2.34. The van der Waals surface area contributed by atoms with Crippen molar-refractivity contribution < 1.29 is 26.4 Å². The molecule has 0 radical (unpaired) electrons. The summed E-state index contributed by atoms with van der Waals surface area (Å²) < 4.78 is 67.8. The molecule has 3 rings (SSSR count). The highest BCUT2D eigenvalue weighted by atomic mass is 32.2. The van der Waals surface area contributed by atoms with Gasteiger partial charge in [-0.3, -0.25) is 9.10 Å². The van der Waals surface area contributed by atoms with E-state index in [2.05, 4.69) is 5.32 Å². The number of carbonyl (C=O) groups excluding carboxylic acids is 1. The number of benzene rings is 3. The van der Waals surface area contributed by atoms with E-state index in [4.69, 9.17) is 0 Å². The van der Waals surface area contributed by atoms with Gasteiger partial charge in [0.05, 0.1) is 21.8 Å². The molecule has 0 aromatic heterocycles. The van der Waals surface area contributed by atoms with Crippen molar-refractivity contribution in [2.75, 3.05) is 16.2 Å². The zero-order valence-electron chi connectivity index (χ0n) is 18.3. The molecule has 0 unspecified atom stereocenters. The lowest BCUT2D eigenvalue weighted by molar-refractivity contribution is -0.137. The summed E-state index contributed by atoms with van der Waals surface area (Å²) in [5, 5.41) is 2.22. The Morgan fingerprint density at radius 2 is 1.52 bits per heavy atom. The second-order valence-corrected chi connectivity index (χ2v) is 9.57. The first-order valence-electron chi connectivity index (χ1n) is 10.0. The Morgan fingerprint density at radius 1 is 0.909 bits per heavy atom. The monoisotopic (exact) mass is 476 g/mol. The third-order valence-corrected chi connectivity index (χ3v) is 6.81. The summed E-state index contributed by atoms with van der Waals surface area (Å²) in [5.74, 6) is -0.900. The van der Waals surface area contributed by atoms with Crippen LogP contribution in [0.25, 0.3) is 0 Å². The highest BCUT2D eigenvalue weighted by Crippen LogP contribution is 2.35. The summed E-state index contributed by atoms with van der Waals surface area (Å²) in [4.78, 5) is 12.8. The second-order valence-electron chi connectivity index (χ2n) is 7.71. The van der Waals surface area contributed by atoms with E-state index < -0.39 is 39.9 Å². The standard InChI is InChI=1S/C24H23F3N2O3S/c1-16-9-12-19(13-10-16)33(31,32)29(22-14-17(2)8-11-18(22)3)15-23(30)28-21-7-5-4-6-20(21)24(25,26)27/h4-14H,15H2,1-3H3,(H,28,30). The van der Waals surface area contributed by atoms with Gasteiger partial charge in [-0.2, -0.15) is 13.2 Å². The van der Waals surface area contributed by atoms with E-state index in [1.165, 1.54) is 24.3 Å². The lowest BCUT2D eigenvalue weighted by Crippen LogP contribution is -2.38. The lowest BCUT2D eigenvalue weighted by atomic mass is 10.1. The van der Waals surface area contributed by atoms with Gasteiger partial charge in [0, 0.05) is 0 Å². The van der Waals surface area contributed by atoms with Crippen LogP contribution in [-0.2, 0) is 21.0 Å². The summed E-state index contributed by atoms with van der Waals surface area (Å²) in [6.45, 7) is 4.58. The highest BCUT2D eigenvalue weighted by molar-refractivity contribution is 7.92. The quantitative estimate of drug-likeness (QED) is 0.514. The van der Waals surface area contributed by atoms with Crippen LogP contribution in [0.1, 0.15) is 22.3 Å². The van der Waals surface area contributed by atoms with Crippen molar-refractivity contribution in [3.8, 4) is 0 Å². The van der Waals surface area contributed by atoms with E-state index in [1.807, 2.05) is 6.92 Å². The van der Waals surface area contributed by atoms with Gasteiger partial charge < -0.3 is 5.32 Å². The predicted molar refractivity (Wildman–Crippen MR) is 122 cm³/mol. The summed E-state index contributed by atoms with van der Waals surface area (Å²) >= 11 is 0. The van der Waals surface area contributed by atoms with Crippen molar-refractivity contribution in [2.24, 2.45) is 0 Å². The molecule has 1 N–H and O–H groups in total. The number of halogens is 3. The van der Waals surface area contributed by atoms with Crippen LogP contribution in [-0.4, -0.2) is 20.9 Å². The van der Waals surface area contributed by atoms with Crippen molar-refractivity contribution in [3.63, 3.8) is 0 Å². The van der Waals surface area contributed by atoms with E-state index in [1.54, 1.807) is 44.2 Å². The van der Waals surface area contributed by atoms with Crippen molar-refractivity contribution in [3.05, 3.63) is 89.0 Å². The molecule has 0 bridgehead atoms. The molecular weight excluding hydrogens is 453 g/mol. The van der Waals surface area contributed by atoms with Crippen molar-refractivity contribution in [1.29, 1.82) is 0 Å². The Balaban J connectivity index is 2.02. The smallest absolute Gasteiger partial charge is 0.324 e. The summed E-state index contributed by atoms with van der Waals surface area (Å²) in [7, 11) is -4.19. The van der Waals surface area contributed by atoms with Gasteiger partial charge in [-0.15, -0.1) is 0 Å². The number of nitrogens with zero attached hydrogens (tertiary/aromatic N) is 1. The largest absolute Gasteiger partial charge is 0.418 e. The Labute approximate surface area is 190 Å². The number of anilines is 2. The first kappa shape index (κ1) is 24.3. The van der Waals surface area contributed by atoms with Crippen molar-refractivity contribution >= 4 is 27.3 Å². The van der Waals surface area contributed by atoms with Gasteiger partial charge in [0.15, 0.2) is 0 Å². The van der Waals surface area contributed by atoms with Gasteiger partial charge >= 0.3 is 6.18 Å². The van der Waals surface area contributed by atoms with E-state index in [0.717, 1.165) is 27.6 Å². The molecule has 174 valence electrons. The van der Waals surface area contributed by atoms with Gasteiger partial charge in [-0.1, -0.05) is 42.0 Å². The van der Waals surface area contributed by atoms with Gasteiger partial charge in [-0.05, 0) is 62.2 Å². The van der Waals surface area contributed by atoms with E-state index >= 15 is 0 Å². The minimum absolute atomic E-state index is 0.0301. The number of alkyl halides is 3. The third-order valence-electron chi connectivity index (χ3n) is 5.04. The third kappa shape index (κ3) is 5.54. The lowest BCUT2D eigenvalue weighted by Gasteiger charge is -2.26. The normalized spacial score (nSPS) is 11.8. The van der Waals surface area contributed by atoms with Gasteiger partial charge in [0.2, 0.25) is 5.91 Å². The molecule has 3 aromatic rings. The fourth-order valence-corrected chi connectivity index (χ4v) is 4.76. The zero-order chi connectivity index (χ0) is 24.4. The molecule has 9 heteroatoms. The second kappa shape index (κ2) is 9.27. The Morgan fingerprint density at radius 3 is 2.15 bits per heavy atom. The minimum Gasteiger partial charge on any atom is -0.324 e. The number of carbonyl (C=O) groups is 1. The predicted octanol–water partition coefficient (Wildman–Crippen LogP) is 5.46. The van der Waals surface area contributed by atoms with Crippen LogP contribution in [0.4, 0.5) is 24.5 Å². The van der Waals surface area contributed by atoms with E-state index in [-0.39, 0.29) is 10.6 Å². The summed E-state index contributed by atoms with van der Waals surface area (Å²) in [6.07, 6.45) is -4.68. The molecule has 0 heterocycles. The van der Waals surface area contributed by atoms with Gasteiger partial charge in [0.25, 0.3) is 10.0 Å². The molecule has 0 aliphatic rings. The number of amides is 1. The molecule has 3 aromatic carbocycles. The molecule has 5 nitrogen and oxygen atoms in total. The number of rotatable bonds is 6. The van der Waals surface area contributed by atoms with Crippen LogP contribution in [0.2, 0.25) is 0 Å². The number of hydrogen-bond acceptors (Lipinski definition) is 3. The maximum absolute atomic E-state index is 13.5. The number of nitrogens with one attached hydrogen (secondary N) is 1. The molecule has 0 fully saturated rings. The van der Waals surface area contributed by atoms with E-state index in [0.29, 0.717) is 5.56 Å². The molecule has 0 aliphatic carbocycles. The molecule has 33 heavy (non-hydrogen) atoms. The maximum atomic E-state index is 13.5. The van der Waals surface area contributed by atoms with Crippen LogP contribution < -0.4 is 9.62 Å². The molecule has 0 spiro atoms. The first-order valence-corrected chi connectivity index (χ1v) is 11.5. The Kier molecular flexibility index (Phi) is 6.83. The number of hydrogen-bond donors (Lipinski definition) is 1. The summed E-state index contributed by atoms with van der Waals surface area (Å²) in [5.41, 5.74) is 1.03. The average Bonchev–Trinajstić information content (AvgIpc) is 2.74. The molecule has 0 saturated carbocycles. The zero-order valence-corrected chi connectivity index (χ0v) is 19.1. The van der Waals surface area contributed by atoms with Crippen LogP contribution in [0.15, 0.2) is 71.6 Å². The van der Waals surface area contributed by atoms with Gasteiger partial charge in [0.1, 0.15) is 6.54 Å². The number of para-hydroxylation sites is 1. The van der Waals surface area contributed by atoms with Crippen LogP contribution in [0.3, 0.4) is 0 Å². The molecule has 1 amide bonds. The SMILES string of the molecule is Cc1ccc(S(=O)(=O)N(CC(=O)Nc2ccccc2C(F)(F)F)c2cc(C)ccc2C)cc1. The number of aryl methyl sites for hydroxylation is 3. The fourth-order valence-electron chi connectivity index (χ4n) is 3.28. The summed E-state index contributed by atoms with van der Waals surface area (Å²) in [6, 6.07) is 15.8.